The van der Waals surface area contributed by atoms with E-state index >= 15 is 0 Å². The number of hydrazine groups is 1. The molecule has 7 nitrogen and oxygen atoms in total. The van der Waals surface area contributed by atoms with Crippen LogP contribution < -0.4 is 15.7 Å². The molecule has 3 heterocycles. The third kappa shape index (κ3) is 3.19. The fourth-order valence-electron chi connectivity index (χ4n) is 3.34. The number of pyridine rings is 1. The van der Waals surface area contributed by atoms with Gasteiger partial charge in [0, 0.05) is 25.0 Å². The summed E-state index contributed by atoms with van der Waals surface area (Å²) in [5.74, 6) is 0.631. The Morgan fingerprint density at radius 3 is 2.79 bits per heavy atom. The highest BCUT2D eigenvalue weighted by Crippen LogP contribution is 2.28. The summed E-state index contributed by atoms with van der Waals surface area (Å²) in [7, 11) is 0. The van der Waals surface area contributed by atoms with Crippen molar-refractivity contribution >= 4 is 16.6 Å². The van der Waals surface area contributed by atoms with E-state index in [-0.39, 0.29) is 11.6 Å². The normalized spacial score (nSPS) is 13.4. The lowest BCUT2D eigenvalue weighted by Gasteiger charge is -2.17. The van der Waals surface area contributed by atoms with E-state index in [0.717, 1.165) is 18.8 Å². The molecule has 0 bridgehead atoms. The van der Waals surface area contributed by atoms with Crippen LogP contribution >= 0.6 is 0 Å². The van der Waals surface area contributed by atoms with Gasteiger partial charge in [0.1, 0.15) is 5.75 Å². The molecule has 0 spiro atoms. The minimum Gasteiger partial charge on any atom is -0.426 e. The minimum atomic E-state index is -0.248. The molecule has 1 aliphatic rings. The third-order valence-corrected chi connectivity index (χ3v) is 4.66. The molecule has 28 heavy (non-hydrogen) atoms. The third-order valence-electron chi connectivity index (χ3n) is 4.66. The highest BCUT2D eigenvalue weighted by Gasteiger charge is 2.19. The molecule has 0 amide bonds. The Kier molecular flexibility index (Phi) is 3.99. The van der Waals surface area contributed by atoms with E-state index in [4.69, 9.17) is 4.74 Å². The molecule has 2 aromatic carbocycles. The number of anilines is 1. The predicted octanol–water partition coefficient (Wildman–Crippen LogP) is 3.45. The first kappa shape index (κ1) is 16.5. The van der Waals surface area contributed by atoms with Gasteiger partial charge in [-0.15, -0.1) is 0 Å². The summed E-state index contributed by atoms with van der Waals surface area (Å²) in [6, 6.07) is 17.8. The number of aromatic nitrogens is 3. The maximum Gasteiger partial charge on any atom is 0.302 e. The van der Waals surface area contributed by atoms with Crippen molar-refractivity contribution in [1.29, 1.82) is 0 Å². The molecule has 2 N–H and O–H groups in total. The number of hydrogen-bond acceptors (Lipinski definition) is 6. The number of fused-ring (bicyclic) bond motifs is 2. The van der Waals surface area contributed by atoms with E-state index in [0.29, 0.717) is 16.7 Å². The van der Waals surface area contributed by atoms with Gasteiger partial charge in [-0.05, 0) is 41.5 Å². The van der Waals surface area contributed by atoms with Crippen molar-refractivity contribution in [2.75, 3.05) is 5.43 Å². The number of aromatic amines is 1. The van der Waals surface area contributed by atoms with Gasteiger partial charge in [0.15, 0.2) is 0 Å². The zero-order valence-corrected chi connectivity index (χ0v) is 14.9. The van der Waals surface area contributed by atoms with Gasteiger partial charge in [-0.1, -0.05) is 24.3 Å². The first-order chi connectivity index (χ1) is 13.7. The van der Waals surface area contributed by atoms with E-state index in [2.05, 4.69) is 25.4 Å². The largest absolute Gasteiger partial charge is 0.426 e. The Labute approximate surface area is 160 Å². The van der Waals surface area contributed by atoms with Crippen LogP contribution in [0.25, 0.3) is 10.9 Å². The van der Waals surface area contributed by atoms with Crippen molar-refractivity contribution in [2.45, 2.75) is 13.1 Å². The molecule has 0 fully saturated rings. The smallest absolute Gasteiger partial charge is 0.302 e. The summed E-state index contributed by atoms with van der Waals surface area (Å²) in [4.78, 5) is 23.2. The van der Waals surface area contributed by atoms with E-state index < -0.39 is 0 Å². The molecular weight excluding hydrogens is 354 g/mol. The Morgan fingerprint density at radius 1 is 1.04 bits per heavy atom. The van der Waals surface area contributed by atoms with Crippen molar-refractivity contribution in [3.05, 3.63) is 88.5 Å². The van der Waals surface area contributed by atoms with Gasteiger partial charge >= 0.3 is 6.01 Å². The predicted molar refractivity (Wildman–Crippen MR) is 106 cm³/mol. The van der Waals surface area contributed by atoms with Crippen LogP contribution in [-0.2, 0) is 13.1 Å². The number of nitrogens with one attached hydrogen (secondary N) is 2. The number of nitrogens with zero attached hydrogens (tertiary/aromatic N) is 3. The number of rotatable bonds is 4. The zero-order valence-electron chi connectivity index (χ0n) is 14.9. The van der Waals surface area contributed by atoms with Gasteiger partial charge in [-0.2, -0.15) is 4.98 Å². The Hall–Kier alpha value is -3.71. The molecule has 2 aromatic heterocycles. The van der Waals surface area contributed by atoms with Gasteiger partial charge in [0.25, 0.3) is 5.56 Å². The fourth-order valence-corrected chi connectivity index (χ4v) is 3.34. The average Bonchev–Trinajstić information content (AvgIpc) is 3.10. The van der Waals surface area contributed by atoms with Gasteiger partial charge in [0.2, 0.25) is 0 Å². The summed E-state index contributed by atoms with van der Waals surface area (Å²) < 4.78 is 5.81. The van der Waals surface area contributed by atoms with Gasteiger partial charge in [-0.25, -0.2) is 5.01 Å². The Morgan fingerprint density at radius 2 is 1.89 bits per heavy atom. The molecule has 0 unspecified atom stereocenters. The molecule has 1 aliphatic heterocycles. The lowest BCUT2D eigenvalue weighted by Crippen LogP contribution is -2.23. The quantitative estimate of drug-likeness (QED) is 0.572. The molecule has 4 aromatic rings. The summed E-state index contributed by atoms with van der Waals surface area (Å²) >= 11 is 0. The molecule has 7 heteroatoms. The number of H-pyrrole nitrogens is 1. The van der Waals surface area contributed by atoms with Gasteiger partial charge in [-0.3, -0.25) is 14.8 Å². The SMILES string of the molecule is O=c1[nH]c(Oc2ccc3c(c2)CN(Nc2ccccc2)C3)nc2cnccc12. The zero-order chi connectivity index (χ0) is 18.9. The summed E-state index contributed by atoms with van der Waals surface area (Å²) in [6.07, 6.45) is 3.11. The van der Waals surface area contributed by atoms with E-state index in [1.54, 1.807) is 18.5 Å². The van der Waals surface area contributed by atoms with E-state index in [1.807, 2.05) is 48.5 Å². The first-order valence-electron chi connectivity index (χ1n) is 8.95. The second-order valence-electron chi connectivity index (χ2n) is 6.63. The van der Waals surface area contributed by atoms with Crippen LogP contribution in [0.1, 0.15) is 11.1 Å². The van der Waals surface area contributed by atoms with Crippen LogP contribution in [0.3, 0.4) is 0 Å². The molecule has 0 aliphatic carbocycles. The van der Waals surface area contributed by atoms with Crippen LogP contribution in [0, 0.1) is 0 Å². The minimum absolute atomic E-state index is 0.155. The van der Waals surface area contributed by atoms with Gasteiger partial charge < -0.3 is 10.2 Å². The second kappa shape index (κ2) is 6.79. The lowest BCUT2D eigenvalue weighted by molar-refractivity contribution is 0.347. The highest BCUT2D eigenvalue weighted by atomic mass is 16.5. The van der Waals surface area contributed by atoms with Crippen molar-refractivity contribution in [1.82, 2.24) is 20.0 Å². The molecule has 0 radical (unpaired) electrons. The topological polar surface area (TPSA) is 83.1 Å². The number of benzene rings is 2. The first-order valence-corrected chi connectivity index (χ1v) is 8.95. The lowest BCUT2D eigenvalue weighted by atomic mass is 10.1. The van der Waals surface area contributed by atoms with Crippen molar-refractivity contribution in [3.8, 4) is 11.8 Å². The van der Waals surface area contributed by atoms with Crippen LogP contribution in [0.2, 0.25) is 0 Å². The molecule has 5 rings (SSSR count). The molecule has 138 valence electrons. The number of para-hydroxylation sites is 1. The maximum absolute atomic E-state index is 12.2. The molecule has 0 atom stereocenters. The number of hydrogen-bond donors (Lipinski definition) is 2. The fraction of sp³-hybridized carbons (Fsp3) is 0.0952. The maximum atomic E-state index is 12.2. The van der Waals surface area contributed by atoms with Gasteiger partial charge in [0.05, 0.1) is 17.1 Å². The van der Waals surface area contributed by atoms with Crippen molar-refractivity contribution in [3.63, 3.8) is 0 Å². The van der Waals surface area contributed by atoms with Crippen molar-refractivity contribution < 1.29 is 4.74 Å². The number of ether oxygens (including phenoxy) is 1. The standard InChI is InChI=1S/C21H17N5O2/c27-20-18-8-9-22-11-19(18)23-21(24-20)28-17-7-6-14-12-26(13-15(14)10-17)25-16-4-2-1-3-5-16/h1-11,25H,12-13H2,(H,23,24,27). The van der Waals surface area contributed by atoms with Crippen molar-refractivity contribution in [2.24, 2.45) is 0 Å². The van der Waals surface area contributed by atoms with Crippen LogP contribution in [0.4, 0.5) is 5.69 Å². The summed E-state index contributed by atoms with van der Waals surface area (Å²) in [6.45, 7) is 1.56. The van der Waals surface area contributed by atoms with Crippen LogP contribution in [0.15, 0.2) is 71.8 Å². The van der Waals surface area contributed by atoms with E-state index in [1.165, 1.54) is 11.1 Å². The second-order valence-corrected chi connectivity index (χ2v) is 6.63. The monoisotopic (exact) mass is 371 g/mol. The molecular formula is C21H17N5O2. The molecule has 0 saturated heterocycles. The summed E-state index contributed by atoms with van der Waals surface area (Å²) in [5, 5.41) is 2.63. The van der Waals surface area contributed by atoms with Crippen LogP contribution in [0.5, 0.6) is 11.8 Å². The Bertz CT molecular complexity index is 1210. The van der Waals surface area contributed by atoms with E-state index in [9.17, 15) is 4.79 Å². The Balaban J connectivity index is 1.35. The summed E-state index contributed by atoms with van der Waals surface area (Å²) in [5.41, 5.74) is 7.12. The highest BCUT2D eigenvalue weighted by molar-refractivity contribution is 5.76. The van der Waals surface area contributed by atoms with Crippen LogP contribution in [-0.4, -0.2) is 20.0 Å². The average molecular weight is 371 g/mol. The molecule has 0 saturated carbocycles.